The van der Waals surface area contributed by atoms with E-state index in [4.69, 9.17) is 0 Å². The summed E-state index contributed by atoms with van der Waals surface area (Å²) in [6.45, 7) is 0. The van der Waals surface area contributed by atoms with Crippen LogP contribution in [0.25, 0.3) is 72.0 Å². The van der Waals surface area contributed by atoms with Crippen LogP contribution in [0.4, 0.5) is 17.1 Å². The van der Waals surface area contributed by atoms with Crippen molar-refractivity contribution in [1.29, 1.82) is 0 Å². The second-order valence-electron chi connectivity index (χ2n) is 20.7. The third-order valence-corrected chi connectivity index (χ3v) is 17.1. The highest BCUT2D eigenvalue weighted by molar-refractivity contribution is 6.13. The number of rotatable bonds is 7. The molecule has 354 valence electrons. The number of nitrogens with zero attached hydrogens (tertiary/aromatic N) is 2. The van der Waals surface area contributed by atoms with Gasteiger partial charge in [0.25, 0.3) is 0 Å². The fraction of sp³-hybridized carbons (Fsp3) is 0.0270. The standard InChI is InChI=1S/C74H48N2/c1-4-21-49(22-5-1)50-39-42-54(43-40-50)75(55-44-46-60-57-28-10-14-32-63(57)73(68(60)48-55,52-23-6-2-7-24-52)53-25-8-3-9-26-53)69-36-17-12-27-56(69)51-41-45-59-58-29-11-15-33-64(58)74(67(59)47-51)65-34-16-19-38-71(65)76-70-37-18-13-30-61(70)62-31-20-35-66(74)72(62)76/h1-48H. The van der Waals surface area contributed by atoms with E-state index in [0.29, 0.717) is 0 Å². The SMILES string of the molecule is c1ccc(-c2ccc(N(c3ccc4c(c3)C(c3ccccc3)(c3ccccc3)c3ccccc3-4)c3ccccc3-c3ccc4c(c3)C3(c5ccccc5-4)c4ccccc4-n4c5ccccc5c5cccc3c54)cc2)cc1. The molecule has 12 aromatic carbocycles. The van der Waals surface area contributed by atoms with E-state index in [1.165, 1.54) is 111 Å². The van der Waals surface area contributed by atoms with Crippen LogP contribution in [-0.2, 0) is 10.8 Å². The average Bonchev–Trinajstić information content (AvgIpc) is 4.30. The lowest BCUT2D eigenvalue weighted by molar-refractivity contribution is 0.749. The molecule has 0 N–H and O–H groups in total. The zero-order valence-corrected chi connectivity index (χ0v) is 41.6. The summed E-state index contributed by atoms with van der Waals surface area (Å²) in [4.78, 5) is 2.50. The minimum Gasteiger partial charge on any atom is -0.310 e. The van der Waals surface area contributed by atoms with Gasteiger partial charge in [-0.25, -0.2) is 0 Å². The van der Waals surface area contributed by atoms with Gasteiger partial charge in [-0.05, 0) is 132 Å². The van der Waals surface area contributed by atoms with Gasteiger partial charge in [0, 0.05) is 27.7 Å². The van der Waals surface area contributed by atoms with E-state index in [-0.39, 0.29) is 0 Å². The summed E-state index contributed by atoms with van der Waals surface area (Å²) in [6, 6.07) is 109. The van der Waals surface area contributed by atoms with Gasteiger partial charge >= 0.3 is 0 Å². The summed E-state index contributed by atoms with van der Waals surface area (Å²) < 4.78 is 2.53. The quantitative estimate of drug-likeness (QED) is 0.155. The van der Waals surface area contributed by atoms with Gasteiger partial charge in [-0.3, -0.25) is 0 Å². The molecule has 76 heavy (non-hydrogen) atoms. The van der Waals surface area contributed by atoms with Gasteiger partial charge in [0.1, 0.15) is 0 Å². The Bertz CT molecular complexity index is 4410. The Morgan fingerprint density at radius 2 is 0.763 bits per heavy atom. The van der Waals surface area contributed by atoms with Gasteiger partial charge in [-0.1, -0.05) is 243 Å². The average molecular weight is 965 g/mol. The molecule has 0 amide bonds. The molecule has 1 unspecified atom stereocenters. The van der Waals surface area contributed by atoms with Crippen molar-refractivity contribution in [3.8, 4) is 50.2 Å². The van der Waals surface area contributed by atoms with Gasteiger partial charge in [-0.15, -0.1) is 0 Å². The molecule has 1 aromatic heterocycles. The minimum absolute atomic E-state index is 0.555. The van der Waals surface area contributed by atoms with Gasteiger partial charge in [0.05, 0.1) is 33.2 Å². The predicted molar refractivity (Wildman–Crippen MR) is 315 cm³/mol. The van der Waals surface area contributed by atoms with Crippen LogP contribution in [0.1, 0.15) is 44.5 Å². The summed E-state index contributed by atoms with van der Waals surface area (Å²) in [6.07, 6.45) is 0. The van der Waals surface area contributed by atoms with Crippen LogP contribution in [0.5, 0.6) is 0 Å². The number of para-hydroxylation sites is 4. The summed E-state index contributed by atoms with van der Waals surface area (Å²) in [5.74, 6) is 0. The molecule has 1 spiro atoms. The summed E-state index contributed by atoms with van der Waals surface area (Å²) in [7, 11) is 0. The second kappa shape index (κ2) is 16.4. The lowest BCUT2D eigenvalue weighted by atomic mass is 9.65. The summed E-state index contributed by atoms with van der Waals surface area (Å²) in [5, 5.41) is 2.56. The molecule has 2 nitrogen and oxygen atoms in total. The minimum atomic E-state index is -0.572. The Labute approximate surface area is 442 Å². The van der Waals surface area contributed by atoms with Crippen LogP contribution in [0.3, 0.4) is 0 Å². The van der Waals surface area contributed by atoms with Crippen LogP contribution < -0.4 is 4.90 Å². The normalized spacial score (nSPS) is 15.0. The van der Waals surface area contributed by atoms with Crippen molar-refractivity contribution in [2.24, 2.45) is 0 Å². The fourth-order valence-corrected chi connectivity index (χ4v) is 14.1. The van der Waals surface area contributed by atoms with E-state index in [9.17, 15) is 0 Å². The van der Waals surface area contributed by atoms with Crippen LogP contribution in [0.2, 0.25) is 0 Å². The maximum Gasteiger partial charge on any atom is 0.0754 e. The zero-order valence-electron chi connectivity index (χ0n) is 41.6. The first kappa shape index (κ1) is 42.7. The van der Waals surface area contributed by atoms with Gasteiger partial charge in [0.15, 0.2) is 0 Å². The molecule has 0 saturated carbocycles. The Hall–Kier alpha value is -9.76. The van der Waals surface area contributed by atoms with Crippen LogP contribution in [-0.4, -0.2) is 4.57 Å². The first-order valence-corrected chi connectivity index (χ1v) is 26.5. The fourth-order valence-electron chi connectivity index (χ4n) is 14.1. The third-order valence-electron chi connectivity index (χ3n) is 17.1. The zero-order chi connectivity index (χ0) is 50.0. The first-order chi connectivity index (χ1) is 37.7. The number of fused-ring (bicyclic) bond motifs is 15. The lowest BCUT2D eigenvalue weighted by Crippen LogP contribution is -2.33. The maximum atomic E-state index is 2.54. The number of hydrogen-bond acceptors (Lipinski definition) is 1. The molecule has 2 aliphatic carbocycles. The molecule has 3 aliphatic rings. The maximum absolute atomic E-state index is 2.54. The third kappa shape index (κ3) is 5.76. The van der Waals surface area contributed by atoms with E-state index >= 15 is 0 Å². The van der Waals surface area contributed by atoms with E-state index < -0.39 is 10.8 Å². The summed E-state index contributed by atoms with van der Waals surface area (Å²) in [5.41, 5.74) is 26.0. The van der Waals surface area contributed by atoms with Gasteiger partial charge in [0.2, 0.25) is 0 Å². The molecular weight excluding hydrogens is 917 g/mol. The van der Waals surface area contributed by atoms with E-state index in [0.717, 1.165) is 22.6 Å². The molecule has 1 atom stereocenters. The highest BCUT2D eigenvalue weighted by atomic mass is 15.1. The number of anilines is 3. The van der Waals surface area contributed by atoms with E-state index in [1.54, 1.807) is 0 Å². The Kier molecular flexibility index (Phi) is 9.20. The summed E-state index contributed by atoms with van der Waals surface area (Å²) >= 11 is 0. The molecule has 1 aliphatic heterocycles. The highest BCUT2D eigenvalue weighted by Gasteiger charge is 2.51. The number of hydrogen-bond donors (Lipinski definition) is 0. The molecular formula is C74H48N2. The Morgan fingerprint density at radius 1 is 0.276 bits per heavy atom. The molecule has 16 rings (SSSR count). The predicted octanol–water partition coefficient (Wildman–Crippen LogP) is 18.6. The van der Waals surface area contributed by atoms with Gasteiger partial charge < -0.3 is 9.47 Å². The van der Waals surface area contributed by atoms with E-state index in [2.05, 4.69) is 301 Å². The van der Waals surface area contributed by atoms with Crippen molar-refractivity contribution < 1.29 is 0 Å². The Morgan fingerprint density at radius 3 is 1.49 bits per heavy atom. The van der Waals surface area contributed by atoms with Crippen molar-refractivity contribution in [2.75, 3.05) is 4.90 Å². The van der Waals surface area contributed by atoms with Gasteiger partial charge in [-0.2, -0.15) is 0 Å². The molecule has 13 aromatic rings. The number of benzene rings is 12. The molecule has 0 saturated heterocycles. The molecule has 2 heterocycles. The van der Waals surface area contributed by atoms with Crippen LogP contribution >= 0.6 is 0 Å². The first-order valence-electron chi connectivity index (χ1n) is 26.5. The Balaban J connectivity index is 0.944. The van der Waals surface area contributed by atoms with Crippen molar-refractivity contribution in [3.63, 3.8) is 0 Å². The molecule has 2 heteroatoms. The topological polar surface area (TPSA) is 8.17 Å². The number of aromatic nitrogens is 1. The molecule has 0 radical (unpaired) electrons. The molecule has 0 bridgehead atoms. The van der Waals surface area contributed by atoms with Crippen molar-refractivity contribution >= 4 is 38.9 Å². The van der Waals surface area contributed by atoms with Crippen molar-refractivity contribution in [3.05, 3.63) is 336 Å². The van der Waals surface area contributed by atoms with Crippen LogP contribution in [0, 0.1) is 0 Å². The van der Waals surface area contributed by atoms with Crippen molar-refractivity contribution in [1.82, 2.24) is 4.57 Å². The van der Waals surface area contributed by atoms with Crippen molar-refractivity contribution in [2.45, 2.75) is 10.8 Å². The smallest absolute Gasteiger partial charge is 0.0754 e. The highest BCUT2D eigenvalue weighted by Crippen LogP contribution is 2.62. The van der Waals surface area contributed by atoms with E-state index in [1.807, 2.05) is 0 Å². The van der Waals surface area contributed by atoms with Crippen LogP contribution in [0.15, 0.2) is 291 Å². The lowest BCUT2D eigenvalue weighted by Gasteiger charge is -2.39. The second-order valence-corrected chi connectivity index (χ2v) is 20.7. The largest absolute Gasteiger partial charge is 0.310 e. The monoisotopic (exact) mass is 964 g/mol. The molecule has 0 fully saturated rings.